The zero-order valence-corrected chi connectivity index (χ0v) is 25.4. The second kappa shape index (κ2) is 12.4. The maximum absolute atomic E-state index is 12.1. The van der Waals surface area contributed by atoms with E-state index < -0.39 is 11.9 Å². The van der Waals surface area contributed by atoms with Crippen LogP contribution in [0.15, 0.2) is 30.8 Å². The molecule has 0 spiro atoms. The number of aliphatic carboxylic acids is 2. The molecule has 5 heterocycles. The van der Waals surface area contributed by atoms with E-state index in [4.69, 9.17) is 19.9 Å². The van der Waals surface area contributed by atoms with Crippen molar-refractivity contribution in [2.45, 2.75) is 53.4 Å². The van der Waals surface area contributed by atoms with Crippen molar-refractivity contribution < 1.29 is 41.7 Å². The Hall–Kier alpha value is -4.53. The summed E-state index contributed by atoms with van der Waals surface area (Å²) in [5, 5.41) is 18.8. The number of carbonyl (C=O) groups excluding carboxylic acids is 1. The van der Waals surface area contributed by atoms with Crippen molar-refractivity contribution in [2.75, 3.05) is 0 Å². The van der Waals surface area contributed by atoms with E-state index in [9.17, 15) is 24.6 Å². The number of rotatable bonds is 8. The molecule has 0 radical (unpaired) electrons. The van der Waals surface area contributed by atoms with Gasteiger partial charge in [0.05, 0.1) is 22.8 Å². The Labute approximate surface area is 259 Å². The van der Waals surface area contributed by atoms with Gasteiger partial charge in [-0.1, -0.05) is 53.6 Å². The van der Waals surface area contributed by atoms with Gasteiger partial charge in [-0.25, -0.2) is 9.97 Å². The fraction of sp³-hybridized carbons (Fsp3) is 0.242. The minimum Gasteiger partial charge on any atom is -0.657 e. The quantitative estimate of drug-likeness (QED) is 0.237. The number of allylic oxidation sites excluding steroid dienone is 4. The molecular weight excluding hydrogens is 588 g/mol. The zero-order chi connectivity index (χ0) is 30.3. The van der Waals surface area contributed by atoms with Crippen LogP contribution in [0.5, 0.6) is 0 Å². The Balaban J connectivity index is 0.00000423. The van der Waals surface area contributed by atoms with Crippen LogP contribution in [0.3, 0.4) is 0 Å². The molecule has 0 unspecified atom stereocenters. The molecule has 43 heavy (non-hydrogen) atoms. The van der Waals surface area contributed by atoms with E-state index in [2.05, 4.69) is 6.58 Å². The van der Waals surface area contributed by atoms with E-state index in [-0.39, 0.29) is 42.8 Å². The second-order valence-corrected chi connectivity index (χ2v) is 10.5. The van der Waals surface area contributed by atoms with E-state index in [1.165, 1.54) is 0 Å². The molecule has 0 aromatic carbocycles. The first-order valence-electron chi connectivity index (χ1n) is 13.6. The van der Waals surface area contributed by atoms with Crippen LogP contribution >= 0.6 is 0 Å². The van der Waals surface area contributed by atoms with Gasteiger partial charge in [0.1, 0.15) is 0 Å². The van der Waals surface area contributed by atoms with Gasteiger partial charge < -0.3 is 20.2 Å². The largest absolute Gasteiger partial charge is 2.00 e. The summed E-state index contributed by atoms with van der Waals surface area (Å²) in [6.07, 6.45) is 2.89. The van der Waals surface area contributed by atoms with E-state index in [1.807, 2.05) is 39.8 Å². The number of fused-ring (bicyclic) bond motifs is 8. The maximum Gasteiger partial charge on any atom is 2.00 e. The van der Waals surface area contributed by atoms with Gasteiger partial charge >= 0.3 is 29.0 Å². The zero-order valence-electron chi connectivity index (χ0n) is 24.3. The standard InChI is InChI=1S/C33H32N4O5.Fe/c1-6-20-16(2)26-13-31-23(15-38)19(5)25(37-31)11-24-17(3)21(7-9-32(39)40)29(35-24)14-30-22(8-10-33(41)42)18(4)27(36-30)12-28(20)34-26;/h6,11-15H,1,7-10H2,2-5H3,(H4,34,35,36,37,38,39,40,41,42);/q;+2/p-2. The number of aryl methyl sites for hydroxylation is 3. The first-order chi connectivity index (χ1) is 20.0. The predicted octanol–water partition coefficient (Wildman–Crippen LogP) is 5.77. The van der Waals surface area contributed by atoms with E-state index in [1.54, 1.807) is 18.2 Å². The minimum absolute atomic E-state index is 0. The van der Waals surface area contributed by atoms with Crippen LogP contribution in [0.4, 0.5) is 0 Å². The molecule has 0 fully saturated rings. The molecule has 3 aromatic heterocycles. The number of aromatic nitrogens is 4. The number of nitrogens with zero attached hydrogens (tertiary/aromatic N) is 4. The van der Waals surface area contributed by atoms with Gasteiger partial charge in [0, 0.05) is 18.4 Å². The molecule has 0 saturated heterocycles. The average molecular weight is 618 g/mol. The first-order valence-corrected chi connectivity index (χ1v) is 13.6. The number of aldehydes is 1. The molecule has 0 aliphatic carbocycles. The topological polar surface area (TPSA) is 146 Å². The number of hydrogen-bond acceptors (Lipinski definition) is 5. The fourth-order valence-corrected chi connectivity index (χ4v) is 5.50. The van der Waals surface area contributed by atoms with Gasteiger partial charge in [-0.05, 0) is 62.8 Å². The van der Waals surface area contributed by atoms with E-state index >= 15 is 0 Å². The summed E-state index contributed by atoms with van der Waals surface area (Å²) in [5.41, 5.74) is 10.8. The summed E-state index contributed by atoms with van der Waals surface area (Å²) < 4.78 is 0. The molecule has 8 bridgehead atoms. The van der Waals surface area contributed by atoms with E-state index in [0.717, 1.165) is 39.7 Å². The Bertz CT molecular complexity index is 1930. The van der Waals surface area contributed by atoms with Crippen LogP contribution in [-0.2, 0) is 37.9 Å². The van der Waals surface area contributed by atoms with Gasteiger partial charge in [0.25, 0.3) is 0 Å². The van der Waals surface area contributed by atoms with Gasteiger partial charge in [-0.2, -0.15) is 0 Å². The molecule has 2 aliphatic heterocycles. The Morgan fingerprint density at radius 3 is 1.95 bits per heavy atom. The normalized spacial score (nSPS) is 12.7. The third-order valence-electron chi connectivity index (χ3n) is 7.98. The molecule has 5 rings (SSSR count). The second-order valence-electron chi connectivity index (χ2n) is 10.5. The Kier molecular flexibility index (Phi) is 9.04. The van der Waals surface area contributed by atoms with Crippen molar-refractivity contribution in [2.24, 2.45) is 0 Å². The maximum atomic E-state index is 12.1. The summed E-state index contributed by atoms with van der Waals surface area (Å²) in [5.74, 6) is -1.84. The number of carboxylic acids is 2. The van der Waals surface area contributed by atoms with Gasteiger partial charge in [-0.3, -0.25) is 14.4 Å². The molecule has 0 amide bonds. The minimum atomic E-state index is -0.925. The van der Waals surface area contributed by atoms with Gasteiger partial charge in [0.2, 0.25) is 0 Å². The Morgan fingerprint density at radius 2 is 1.30 bits per heavy atom. The number of hydrogen-bond donors (Lipinski definition) is 2. The van der Waals surface area contributed by atoms with Crippen LogP contribution in [-0.4, -0.2) is 38.4 Å². The van der Waals surface area contributed by atoms with Crippen molar-refractivity contribution in [1.29, 1.82) is 0 Å². The van der Waals surface area contributed by atoms with Crippen molar-refractivity contribution in [3.8, 4) is 0 Å². The number of carboxylic acid groups (broad SMARTS) is 2. The molecule has 2 N–H and O–H groups in total. The third-order valence-corrected chi connectivity index (χ3v) is 7.98. The molecule has 10 heteroatoms. The monoisotopic (exact) mass is 618 g/mol. The summed E-state index contributed by atoms with van der Waals surface area (Å²) in [6, 6.07) is 7.26. The molecule has 0 atom stereocenters. The van der Waals surface area contributed by atoms with Crippen LogP contribution in [0.1, 0.15) is 78.1 Å². The van der Waals surface area contributed by atoms with Crippen LogP contribution in [0, 0.1) is 13.8 Å². The van der Waals surface area contributed by atoms with Crippen LogP contribution in [0.2, 0.25) is 0 Å². The molecule has 2 aliphatic rings. The van der Waals surface area contributed by atoms with Crippen molar-refractivity contribution in [3.05, 3.63) is 75.9 Å². The van der Waals surface area contributed by atoms with Gasteiger partial charge in [-0.15, -0.1) is 22.1 Å². The summed E-state index contributed by atoms with van der Waals surface area (Å²) >= 11 is 0. The van der Waals surface area contributed by atoms with E-state index in [0.29, 0.717) is 56.0 Å². The molecule has 0 saturated carbocycles. The Morgan fingerprint density at radius 1 is 0.767 bits per heavy atom. The first kappa shape index (κ1) is 31.4. The SMILES string of the molecule is C=Cc1c(C)c2cc3nc(cc4[n-]c(cc5nc(cc1[n-]2)C(C)=C5CCC(=O)O)c(CCC(=O)O)c4C)C(C)=C3C=O.[Fe+2]. The molecule has 9 nitrogen and oxygen atoms in total. The van der Waals surface area contributed by atoms with Crippen LogP contribution in [0.25, 0.3) is 50.4 Å². The average Bonchev–Trinajstić information content (AvgIpc) is 3.59. The van der Waals surface area contributed by atoms with Gasteiger partial charge in [0.15, 0.2) is 6.29 Å². The predicted molar refractivity (Wildman–Crippen MR) is 162 cm³/mol. The molecular formula is C33H30FeN4O5. The van der Waals surface area contributed by atoms with Crippen molar-refractivity contribution in [3.63, 3.8) is 0 Å². The molecule has 220 valence electrons. The summed E-state index contributed by atoms with van der Waals surface area (Å²) in [6.45, 7) is 11.5. The van der Waals surface area contributed by atoms with Crippen molar-refractivity contribution in [1.82, 2.24) is 19.9 Å². The third kappa shape index (κ3) is 5.89. The molecule has 3 aromatic rings. The summed E-state index contributed by atoms with van der Waals surface area (Å²) in [4.78, 5) is 54.5. The van der Waals surface area contributed by atoms with Crippen molar-refractivity contribution >= 4 is 68.7 Å². The van der Waals surface area contributed by atoms with Crippen LogP contribution < -0.4 is 9.97 Å². The summed E-state index contributed by atoms with van der Waals surface area (Å²) in [7, 11) is 0. The smallest absolute Gasteiger partial charge is 0.657 e. The number of carbonyl (C=O) groups is 3. The fourth-order valence-electron chi connectivity index (χ4n) is 5.50.